The number of nitrogens with zero attached hydrogens (tertiary/aromatic N) is 1. The first kappa shape index (κ1) is 18.1. The standard InChI is InChI=1S/C22H22N2O4/c1-15(25)18-13-24(19-6-3-2-5-17(18)19)14-22(26)23-12-16-7-8-20-21(11-16)28-10-4-9-27-20/h2-3,5-8,11,13H,4,9-10,12,14H2,1H3,(H,23,26). The molecule has 0 unspecified atom stereocenters. The molecule has 1 amide bonds. The van der Waals surface area contributed by atoms with Gasteiger partial charge in [-0.05, 0) is 30.7 Å². The first-order valence-electron chi connectivity index (χ1n) is 9.36. The molecule has 0 bridgehead atoms. The number of Topliss-reactive ketones (excluding diaryl/α,β-unsaturated/α-hetero) is 1. The van der Waals surface area contributed by atoms with Crippen molar-refractivity contribution in [3.63, 3.8) is 0 Å². The van der Waals surface area contributed by atoms with E-state index in [4.69, 9.17) is 9.47 Å². The van der Waals surface area contributed by atoms with Crippen LogP contribution < -0.4 is 14.8 Å². The third kappa shape index (κ3) is 3.71. The van der Waals surface area contributed by atoms with Crippen LogP contribution in [0.3, 0.4) is 0 Å². The fourth-order valence-corrected chi connectivity index (χ4v) is 3.39. The van der Waals surface area contributed by atoms with E-state index < -0.39 is 0 Å². The van der Waals surface area contributed by atoms with Gasteiger partial charge in [-0.25, -0.2) is 0 Å². The molecule has 6 heteroatoms. The normalized spacial score (nSPS) is 13.2. The Labute approximate surface area is 163 Å². The van der Waals surface area contributed by atoms with Gasteiger partial charge in [0.2, 0.25) is 5.91 Å². The van der Waals surface area contributed by atoms with Crippen molar-refractivity contribution in [3.05, 3.63) is 59.8 Å². The summed E-state index contributed by atoms with van der Waals surface area (Å²) in [5, 5.41) is 3.80. The minimum absolute atomic E-state index is 0.0115. The minimum Gasteiger partial charge on any atom is -0.490 e. The second kappa shape index (κ2) is 7.76. The number of ketones is 1. The van der Waals surface area contributed by atoms with Crippen LogP contribution in [0, 0.1) is 0 Å². The first-order chi connectivity index (χ1) is 13.6. The van der Waals surface area contributed by atoms with E-state index in [0.29, 0.717) is 31.1 Å². The molecule has 3 aromatic rings. The predicted octanol–water partition coefficient (Wildman–Crippen LogP) is 3.32. The van der Waals surface area contributed by atoms with Crippen LogP contribution in [0.4, 0.5) is 0 Å². The van der Waals surface area contributed by atoms with Crippen molar-refractivity contribution < 1.29 is 19.1 Å². The molecule has 0 saturated carbocycles. The van der Waals surface area contributed by atoms with E-state index in [-0.39, 0.29) is 18.2 Å². The number of hydrogen-bond donors (Lipinski definition) is 1. The maximum atomic E-state index is 12.5. The van der Waals surface area contributed by atoms with Gasteiger partial charge in [0.25, 0.3) is 0 Å². The molecular formula is C22H22N2O4. The highest BCUT2D eigenvalue weighted by Crippen LogP contribution is 2.30. The van der Waals surface area contributed by atoms with Crippen molar-refractivity contribution in [3.8, 4) is 11.5 Å². The van der Waals surface area contributed by atoms with Crippen LogP contribution in [0.5, 0.6) is 11.5 Å². The fraction of sp³-hybridized carbons (Fsp3) is 0.273. The Kier molecular flexibility index (Phi) is 5.02. The lowest BCUT2D eigenvalue weighted by Crippen LogP contribution is -2.26. The molecule has 1 aliphatic rings. The van der Waals surface area contributed by atoms with Crippen LogP contribution in [0.15, 0.2) is 48.7 Å². The van der Waals surface area contributed by atoms with E-state index in [9.17, 15) is 9.59 Å². The molecule has 0 fully saturated rings. The van der Waals surface area contributed by atoms with Gasteiger partial charge >= 0.3 is 0 Å². The van der Waals surface area contributed by atoms with Gasteiger partial charge in [0.1, 0.15) is 6.54 Å². The highest BCUT2D eigenvalue weighted by atomic mass is 16.5. The highest BCUT2D eigenvalue weighted by molar-refractivity contribution is 6.07. The highest BCUT2D eigenvalue weighted by Gasteiger charge is 2.14. The van der Waals surface area contributed by atoms with E-state index in [1.807, 2.05) is 47.0 Å². The summed E-state index contributed by atoms with van der Waals surface area (Å²) in [5.41, 5.74) is 2.45. The summed E-state index contributed by atoms with van der Waals surface area (Å²) in [4.78, 5) is 24.4. The second-order valence-corrected chi connectivity index (χ2v) is 6.85. The number of ether oxygens (including phenoxy) is 2. The van der Waals surface area contributed by atoms with E-state index in [1.54, 1.807) is 6.20 Å². The summed E-state index contributed by atoms with van der Waals surface area (Å²) in [6.45, 7) is 3.36. The Morgan fingerprint density at radius 3 is 2.68 bits per heavy atom. The van der Waals surface area contributed by atoms with Crippen molar-refractivity contribution in [1.29, 1.82) is 0 Å². The van der Waals surface area contributed by atoms with Crippen molar-refractivity contribution >= 4 is 22.6 Å². The smallest absolute Gasteiger partial charge is 0.240 e. The van der Waals surface area contributed by atoms with Crippen molar-refractivity contribution in [1.82, 2.24) is 9.88 Å². The average Bonchev–Trinajstić information content (AvgIpc) is 2.89. The second-order valence-electron chi connectivity index (χ2n) is 6.85. The fourth-order valence-electron chi connectivity index (χ4n) is 3.39. The molecule has 2 heterocycles. The van der Waals surface area contributed by atoms with E-state index in [2.05, 4.69) is 5.32 Å². The van der Waals surface area contributed by atoms with E-state index >= 15 is 0 Å². The monoisotopic (exact) mass is 378 g/mol. The molecular weight excluding hydrogens is 356 g/mol. The maximum absolute atomic E-state index is 12.5. The summed E-state index contributed by atoms with van der Waals surface area (Å²) in [6, 6.07) is 13.3. The van der Waals surface area contributed by atoms with Crippen LogP contribution in [0.1, 0.15) is 29.3 Å². The molecule has 2 aromatic carbocycles. The SMILES string of the molecule is CC(=O)c1cn(CC(=O)NCc2ccc3c(c2)OCCCO3)c2ccccc12. The Hall–Kier alpha value is -3.28. The number of para-hydroxylation sites is 1. The van der Waals surface area contributed by atoms with Gasteiger partial charge in [0.15, 0.2) is 17.3 Å². The first-order valence-corrected chi connectivity index (χ1v) is 9.36. The number of aromatic nitrogens is 1. The maximum Gasteiger partial charge on any atom is 0.240 e. The van der Waals surface area contributed by atoms with Crippen LogP contribution >= 0.6 is 0 Å². The predicted molar refractivity (Wildman–Crippen MR) is 106 cm³/mol. The van der Waals surface area contributed by atoms with Crippen LogP contribution in [-0.2, 0) is 17.9 Å². The zero-order chi connectivity index (χ0) is 19.5. The lowest BCUT2D eigenvalue weighted by atomic mass is 10.1. The summed E-state index contributed by atoms with van der Waals surface area (Å²) in [5.74, 6) is 1.32. The Bertz CT molecular complexity index is 1040. The molecule has 1 aromatic heterocycles. The molecule has 0 aliphatic carbocycles. The Morgan fingerprint density at radius 1 is 1.07 bits per heavy atom. The average molecular weight is 378 g/mol. The van der Waals surface area contributed by atoms with Gasteiger partial charge in [-0.2, -0.15) is 0 Å². The summed E-state index contributed by atoms with van der Waals surface area (Å²) in [7, 11) is 0. The van der Waals surface area contributed by atoms with E-state index in [0.717, 1.165) is 28.6 Å². The molecule has 0 atom stereocenters. The lowest BCUT2D eigenvalue weighted by molar-refractivity contribution is -0.121. The summed E-state index contributed by atoms with van der Waals surface area (Å²) < 4.78 is 13.1. The Balaban J connectivity index is 1.45. The van der Waals surface area contributed by atoms with Gasteiger partial charge in [-0.15, -0.1) is 0 Å². The molecule has 1 N–H and O–H groups in total. The quantitative estimate of drug-likeness (QED) is 0.692. The Morgan fingerprint density at radius 2 is 1.86 bits per heavy atom. The summed E-state index contributed by atoms with van der Waals surface area (Å²) in [6.07, 6.45) is 2.61. The van der Waals surface area contributed by atoms with Crippen molar-refractivity contribution in [2.75, 3.05) is 13.2 Å². The van der Waals surface area contributed by atoms with Crippen LogP contribution in [-0.4, -0.2) is 29.5 Å². The number of benzene rings is 2. The van der Waals surface area contributed by atoms with Crippen LogP contribution in [0.2, 0.25) is 0 Å². The zero-order valence-electron chi connectivity index (χ0n) is 15.7. The number of carbonyl (C=O) groups excluding carboxylic acids is 2. The third-order valence-corrected chi connectivity index (χ3v) is 4.78. The largest absolute Gasteiger partial charge is 0.490 e. The molecule has 0 saturated heterocycles. The number of rotatable bonds is 5. The topological polar surface area (TPSA) is 69.6 Å². The number of carbonyl (C=O) groups is 2. The summed E-state index contributed by atoms with van der Waals surface area (Å²) >= 11 is 0. The number of hydrogen-bond acceptors (Lipinski definition) is 4. The molecule has 0 radical (unpaired) electrons. The van der Waals surface area contributed by atoms with Crippen LogP contribution in [0.25, 0.3) is 10.9 Å². The molecule has 6 nitrogen and oxygen atoms in total. The lowest BCUT2D eigenvalue weighted by Gasteiger charge is -2.11. The number of nitrogens with one attached hydrogen (secondary N) is 1. The van der Waals surface area contributed by atoms with E-state index in [1.165, 1.54) is 6.92 Å². The number of fused-ring (bicyclic) bond motifs is 2. The molecule has 4 rings (SSSR count). The molecule has 1 aliphatic heterocycles. The van der Waals surface area contributed by atoms with Crippen molar-refractivity contribution in [2.24, 2.45) is 0 Å². The van der Waals surface area contributed by atoms with Crippen molar-refractivity contribution in [2.45, 2.75) is 26.4 Å². The third-order valence-electron chi connectivity index (χ3n) is 4.78. The number of amides is 1. The molecule has 144 valence electrons. The van der Waals surface area contributed by atoms with Gasteiger partial charge in [-0.1, -0.05) is 24.3 Å². The minimum atomic E-state index is -0.122. The molecule has 28 heavy (non-hydrogen) atoms. The van der Waals surface area contributed by atoms with Gasteiger partial charge in [0, 0.05) is 35.6 Å². The van der Waals surface area contributed by atoms with Gasteiger partial charge < -0.3 is 19.4 Å². The molecule has 0 spiro atoms. The van der Waals surface area contributed by atoms with Gasteiger partial charge in [0.05, 0.1) is 13.2 Å². The van der Waals surface area contributed by atoms with Gasteiger partial charge in [-0.3, -0.25) is 9.59 Å². The zero-order valence-corrected chi connectivity index (χ0v) is 15.7.